The number of Topliss-reactive ketones (excluding diaryl/α,β-unsaturated/α-hetero) is 1. The monoisotopic (exact) mass is 636 g/mol. The standard InChI is InChI=1S/C37H64O8/c1-3-4-5-6-7-8-9-10-11-13-17-30(39)25-32-26-34(41)36(45-32)22-20-33(40)35-21-19-31(44-35)18-15-12-14-16-29(38)24-28-23-27(2)43-37(28)42/h23,27,29,31-36,38,40-41H,3-22,24-26H2,1-2H3/t27?,29?,31-,32-,33+,34-,35+,36-/m1/s1. The predicted octanol–water partition coefficient (Wildman–Crippen LogP) is 7.04. The Kier molecular flexibility index (Phi) is 18.2. The summed E-state index contributed by atoms with van der Waals surface area (Å²) in [5.41, 5.74) is 0.581. The highest BCUT2D eigenvalue weighted by Crippen LogP contribution is 2.31. The fourth-order valence-corrected chi connectivity index (χ4v) is 7.19. The van der Waals surface area contributed by atoms with Gasteiger partial charge in [0.2, 0.25) is 0 Å². The molecule has 45 heavy (non-hydrogen) atoms. The fourth-order valence-electron chi connectivity index (χ4n) is 7.19. The van der Waals surface area contributed by atoms with Gasteiger partial charge in [0, 0.05) is 31.3 Å². The number of carbonyl (C=O) groups is 2. The smallest absolute Gasteiger partial charge is 0.334 e. The summed E-state index contributed by atoms with van der Waals surface area (Å²) in [6, 6.07) is 0. The molecule has 2 saturated heterocycles. The Balaban J connectivity index is 1.18. The molecule has 0 aliphatic carbocycles. The zero-order valence-electron chi connectivity index (χ0n) is 28.3. The minimum atomic E-state index is -0.588. The number of aliphatic hydroxyl groups is 3. The Bertz CT molecular complexity index is 874. The van der Waals surface area contributed by atoms with E-state index in [9.17, 15) is 24.9 Å². The summed E-state index contributed by atoms with van der Waals surface area (Å²) in [4.78, 5) is 24.2. The van der Waals surface area contributed by atoms with E-state index in [2.05, 4.69) is 6.92 Å². The molecule has 0 aromatic heterocycles. The Morgan fingerprint density at radius 2 is 1.56 bits per heavy atom. The molecule has 0 spiro atoms. The van der Waals surface area contributed by atoms with Crippen LogP contribution in [0.3, 0.4) is 0 Å². The van der Waals surface area contributed by atoms with Crippen molar-refractivity contribution in [1.29, 1.82) is 0 Å². The molecule has 0 aromatic rings. The normalized spacial score (nSPS) is 27.9. The molecule has 3 heterocycles. The maximum atomic E-state index is 12.5. The molecule has 0 saturated carbocycles. The van der Waals surface area contributed by atoms with E-state index >= 15 is 0 Å². The summed E-state index contributed by atoms with van der Waals surface area (Å²) in [5, 5.41) is 31.6. The number of unbranched alkanes of at least 4 members (excludes halogenated alkanes) is 11. The van der Waals surface area contributed by atoms with Crippen LogP contribution in [0.5, 0.6) is 0 Å². The van der Waals surface area contributed by atoms with Gasteiger partial charge in [0.25, 0.3) is 0 Å². The fraction of sp³-hybridized carbons (Fsp3) is 0.892. The van der Waals surface area contributed by atoms with Crippen molar-refractivity contribution in [2.45, 2.75) is 210 Å². The molecule has 0 aromatic carbocycles. The molecule has 3 aliphatic rings. The lowest BCUT2D eigenvalue weighted by molar-refractivity contribution is -0.139. The van der Waals surface area contributed by atoms with Crippen molar-refractivity contribution in [3.63, 3.8) is 0 Å². The molecule has 2 unspecified atom stereocenters. The van der Waals surface area contributed by atoms with Crippen molar-refractivity contribution in [3.05, 3.63) is 11.6 Å². The van der Waals surface area contributed by atoms with Crippen molar-refractivity contribution < 1.29 is 39.1 Å². The van der Waals surface area contributed by atoms with E-state index in [0.29, 0.717) is 50.5 Å². The number of esters is 1. The number of ether oxygens (including phenoxy) is 3. The van der Waals surface area contributed by atoms with E-state index in [1.807, 2.05) is 6.92 Å². The average Bonchev–Trinajstić information content (AvgIpc) is 3.70. The lowest BCUT2D eigenvalue weighted by Gasteiger charge is -2.22. The van der Waals surface area contributed by atoms with Crippen LogP contribution in [0.2, 0.25) is 0 Å². The van der Waals surface area contributed by atoms with Gasteiger partial charge in [-0.05, 0) is 57.9 Å². The first-order valence-electron chi connectivity index (χ1n) is 18.5. The van der Waals surface area contributed by atoms with Crippen molar-refractivity contribution in [2.75, 3.05) is 0 Å². The Labute approximate surface area is 272 Å². The van der Waals surface area contributed by atoms with Crippen molar-refractivity contribution in [1.82, 2.24) is 0 Å². The first-order chi connectivity index (χ1) is 21.7. The van der Waals surface area contributed by atoms with Crippen LogP contribution in [0.25, 0.3) is 0 Å². The summed E-state index contributed by atoms with van der Waals surface area (Å²) in [5.74, 6) is -0.0775. The Morgan fingerprint density at radius 1 is 0.867 bits per heavy atom. The van der Waals surface area contributed by atoms with Gasteiger partial charge in [-0.3, -0.25) is 4.79 Å². The molecular weight excluding hydrogens is 572 g/mol. The first kappa shape index (κ1) is 38.1. The van der Waals surface area contributed by atoms with Gasteiger partial charge in [0.05, 0.1) is 42.7 Å². The summed E-state index contributed by atoms with van der Waals surface area (Å²) < 4.78 is 17.3. The topological polar surface area (TPSA) is 123 Å². The molecule has 0 amide bonds. The number of ketones is 1. The van der Waals surface area contributed by atoms with E-state index < -0.39 is 18.3 Å². The zero-order chi connectivity index (χ0) is 32.4. The van der Waals surface area contributed by atoms with Gasteiger partial charge in [-0.1, -0.05) is 84.0 Å². The van der Waals surface area contributed by atoms with Gasteiger partial charge in [-0.2, -0.15) is 0 Å². The number of cyclic esters (lactones) is 1. The van der Waals surface area contributed by atoms with Crippen LogP contribution in [0, 0.1) is 0 Å². The summed E-state index contributed by atoms with van der Waals surface area (Å²) in [6.45, 7) is 4.07. The molecular formula is C37H64O8. The van der Waals surface area contributed by atoms with Gasteiger partial charge in [-0.25, -0.2) is 4.79 Å². The van der Waals surface area contributed by atoms with Gasteiger partial charge in [0.15, 0.2) is 0 Å². The van der Waals surface area contributed by atoms with Crippen molar-refractivity contribution in [3.8, 4) is 0 Å². The lowest BCUT2D eigenvalue weighted by atomic mass is 9.99. The van der Waals surface area contributed by atoms with Crippen LogP contribution in [-0.4, -0.2) is 75.9 Å². The number of aliphatic hydroxyl groups excluding tert-OH is 3. The molecule has 3 N–H and O–H groups in total. The van der Waals surface area contributed by atoms with Crippen LogP contribution in [0.15, 0.2) is 11.6 Å². The van der Waals surface area contributed by atoms with E-state index in [0.717, 1.165) is 51.4 Å². The number of hydrogen-bond acceptors (Lipinski definition) is 8. The number of hydrogen-bond donors (Lipinski definition) is 3. The SMILES string of the molecule is CCCCCCCCCCCCC(=O)C[C@@H]1C[C@@H](O)[C@@H](CC[C@H](O)[C@@H]2CC[C@@H](CCCCCC(O)CC3=CC(C)OC3=O)O2)O1. The van der Waals surface area contributed by atoms with Gasteiger partial charge >= 0.3 is 5.97 Å². The van der Waals surface area contributed by atoms with Crippen molar-refractivity contribution in [2.24, 2.45) is 0 Å². The molecule has 8 heteroatoms. The average molecular weight is 637 g/mol. The van der Waals surface area contributed by atoms with Gasteiger partial charge in [0.1, 0.15) is 11.9 Å². The quantitative estimate of drug-likeness (QED) is 0.0721. The van der Waals surface area contributed by atoms with Crippen LogP contribution >= 0.6 is 0 Å². The minimum absolute atomic E-state index is 0.147. The molecule has 3 rings (SSSR count). The highest BCUT2D eigenvalue weighted by Gasteiger charge is 2.36. The second kappa shape index (κ2) is 21.5. The van der Waals surface area contributed by atoms with E-state index in [-0.39, 0.29) is 42.3 Å². The molecule has 0 bridgehead atoms. The zero-order valence-corrected chi connectivity index (χ0v) is 28.3. The van der Waals surface area contributed by atoms with Crippen molar-refractivity contribution >= 4 is 11.8 Å². The Morgan fingerprint density at radius 3 is 2.24 bits per heavy atom. The van der Waals surface area contributed by atoms with Crippen LogP contribution in [0.4, 0.5) is 0 Å². The molecule has 0 radical (unpaired) electrons. The van der Waals surface area contributed by atoms with Crippen LogP contribution in [0.1, 0.15) is 162 Å². The molecule has 260 valence electrons. The molecule has 8 nitrogen and oxygen atoms in total. The second-order valence-electron chi connectivity index (χ2n) is 14.1. The third kappa shape index (κ3) is 15.0. The summed E-state index contributed by atoms with van der Waals surface area (Å²) in [7, 11) is 0. The minimum Gasteiger partial charge on any atom is -0.455 e. The second-order valence-corrected chi connectivity index (χ2v) is 14.1. The molecule has 2 fully saturated rings. The maximum Gasteiger partial charge on any atom is 0.334 e. The highest BCUT2D eigenvalue weighted by molar-refractivity contribution is 5.90. The number of rotatable bonds is 25. The van der Waals surface area contributed by atoms with E-state index in [4.69, 9.17) is 14.2 Å². The highest BCUT2D eigenvalue weighted by atomic mass is 16.5. The largest absolute Gasteiger partial charge is 0.455 e. The molecule has 3 aliphatic heterocycles. The predicted molar refractivity (Wildman–Crippen MR) is 176 cm³/mol. The van der Waals surface area contributed by atoms with E-state index in [1.165, 1.54) is 51.4 Å². The summed E-state index contributed by atoms with van der Waals surface area (Å²) in [6.07, 6.45) is 21.0. The number of carbonyl (C=O) groups excluding carboxylic acids is 2. The first-order valence-corrected chi connectivity index (χ1v) is 18.5. The van der Waals surface area contributed by atoms with Gasteiger partial charge < -0.3 is 29.5 Å². The van der Waals surface area contributed by atoms with Crippen LogP contribution < -0.4 is 0 Å². The van der Waals surface area contributed by atoms with E-state index in [1.54, 1.807) is 6.08 Å². The third-order valence-electron chi connectivity index (χ3n) is 9.89. The maximum absolute atomic E-state index is 12.5. The van der Waals surface area contributed by atoms with Gasteiger partial charge in [-0.15, -0.1) is 0 Å². The summed E-state index contributed by atoms with van der Waals surface area (Å²) >= 11 is 0. The Hall–Kier alpha value is -1.32. The third-order valence-corrected chi connectivity index (χ3v) is 9.89. The lowest BCUT2D eigenvalue weighted by Crippen LogP contribution is -2.29. The van der Waals surface area contributed by atoms with Crippen LogP contribution in [-0.2, 0) is 23.8 Å². The molecule has 8 atom stereocenters.